The number of hydrogen-bond acceptors (Lipinski definition) is 4. The van der Waals surface area contributed by atoms with E-state index >= 15 is 0 Å². The zero-order chi connectivity index (χ0) is 18.1. The molecule has 0 aliphatic carbocycles. The second-order valence-corrected chi connectivity index (χ2v) is 7.56. The minimum atomic E-state index is 0.370. The molecule has 0 unspecified atom stereocenters. The molecule has 0 radical (unpaired) electrons. The van der Waals surface area contributed by atoms with Crippen molar-refractivity contribution < 1.29 is 4.74 Å². The van der Waals surface area contributed by atoms with Crippen LogP contribution in [0.5, 0.6) is 0 Å². The molecule has 4 heterocycles. The fraction of sp³-hybridized carbons (Fsp3) is 0.409. The van der Waals surface area contributed by atoms with E-state index in [-0.39, 0.29) is 0 Å². The standard InChI is InChI=1S/C22H26N4O/c1-2-6-20-18(5-1)19-15-25(9-7-21(19)24-20)16-22(17-4-3-8-23-14-17)26-10-12-27-13-11-26/h1-6,8,14,22,24H,7,9-13,15-16H2/t22-/m1/s1. The van der Waals surface area contributed by atoms with Crippen molar-refractivity contribution in [3.8, 4) is 0 Å². The molecule has 3 aromatic rings. The number of nitrogens with zero attached hydrogens (tertiary/aromatic N) is 3. The smallest absolute Gasteiger partial charge is 0.0594 e. The Hall–Kier alpha value is -2.21. The summed E-state index contributed by atoms with van der Waals surface area (Å²) in [7, 11) is 0. The summed E-state index contributed by atoms with van der Waals surface area (Å²) in [5.41, 5.74) is 5.46. The SMILES string of the molecule is c1cncc([C@@H](CN2CCc3[nH]c4ccccc4c3C2)N2CCOCC2)c1. The van der Waals surface area contributed by atoms with Crippen LogP contribution in [-0.2, 0) is 17.7 Å². The highest BCUT2D eigenvalue weighted by Gasteiger charge is 2.28. The van der Waals surface area contributed by atoms with Crippen molar-refractivity contribution in [2.75, 3.05) is 39.4 Å². The molecule has 1 fully saturated rings. The van der Waals surface area contributed by atoms with Crippen molar-refractivity contribution in [3.05, 3.63) is 65.6 Å². The van der Waals surface area contributed by atoms with Gasteiger partial charge in [-0.2, -0.15) is 0 Å². The van der Waals surface area contributed by atoms with Crippen LogP contribution in [0.25, 0.3) is 10.9 Å². The van der Waals surface area contributed by atoms with Gasteiger partial charge in [0.25, 0.3) is 0 Å². The van der Waals surface area contributed by atoms with Crippen molar-refractivity contribution >= 4 is 10.9 Å². The highest BCUT2D eigenvalue weighted by atomic mass is 16.5. The van der Waals surface area contributed by atoms with Crippen LogP contribution in [-0.4, -0.2) is 59.2 Å². The maximum Gasteiger partial charge on any atom is 0.0594 e. The first-order valence-electron chi connectivity index (χ1n) is 9.91. The molecule has 2 aliphatic rings. The molecule has 5 nitrogen and oxygen atoms in total. The largest absolute Gasteiger partial charge is 0.379 e. The molecule has 5 heteroatoms. The van der Waals surface area contributed by atoms with Gasteiger partial charge in [-0.3, -0.25) is 14.8 Å². The number of rotatable bonds is 4. The second kappa shape index (κ2) is 7.43. The second-order valence-electron chi connectivity index (χ2n) is 7.56. The lowest BCUT2D eigenvalue weighted by Gasteiger charge is -2.38. The lowest BCUT2D eigenvalue weighted by atomic mass is 10.0. The molecule has 1 N–H and O–H groups in total. The maximum absolute atomic E-state index is 5.58. The zero-order valence-electron chi connectivity index (χ0n) is 15.6. The van der Waals surface area contributed by atoms with Crippen molar-refractivity contribution in [2.45, 2.75) is 19.0 Å². The van der Waals surface area contributed by atoms with Gasteiger partial charge in [0.05, 0.1) is 13.2 Å². The first-order chi connectivity index (χ1) is 13.4. The van der Waals surface area contributed by atoms with Crippen LogP contribution in [0.2, 0.25) is 0 Å². The van der Waals surface area contributed by atoms with Gasteiger partial charge in [-0.15, -0.1) is 0 Å². The lowest BCUT2D eigenvalue weighted by molar-refractivity contribution is 0.00638. The maximum atomic E-state index is 5.58. The van der Waals surface area contributed by atoms with Gasteiger partial charge in [0.1, 0.15) is 0 Å². The van der Waals surface area contributed by atoms with Gasteiger partial charge >= 0.3 is 0 Å². The molecule has 140 valence electrons. The average molecular weight is 362 g/mol. The fourth-order valence-corrected chi connectivity index (χ4v) is 4.52. The predicted molar refractivity (Wildman–Crippen MR) is 107 cm³/mol. The van der Waals surface area contributed by atoms with Crippen LogP contribution >= 0.6 is 0 Å². The van der Waals surface area contributed by atoms with Crippen LogP contribution in [0, 0.1) is 0 Å². The summed E-state index contributed by atoms with van der Waals surface area (Å²) >= 11 is 0. The summed E-state index contributed by atoms with van der Waals surface area (Å²) in [5, 5.41) is 1.38. The lowest BCUT2D eigenvalue weighted by Crippen LogP contribution is -2.44. The van der Waals surface area contributed by atoms with E-state index in [0.29, 0.717) is 6.04 Å². The van der Waals surface area contributed by atoms with Gasteiger partial charge in [0.2, 0.25) is 0 Å². The van der Waals surface area contributed by atoms with E-state index in [1.54, 1.807) is 0 Å². The van der Waals surface area contributed by atoms with Crippen LogP contribution in [0.4, 0.5) is 0 Å². The molecule has 1 atom stereocenters. The normalized spacial score (nSPS) is 19.9. The highest BCUT2D eigenvalue weighted by Crippen LogP contribution is 2.30. The monoisotopic (exact) mass is 362 g/mol. The van der Waals surface area contributed by atoms with E-state index < -0.39 is 0 Å². The Morgan fingerprint density at radius 3 is 2.81 bits per heavy atom. The topological polar surface area (TPSA) is 44.4 Å². The van der Waals surface area contributed by atoms with Crippen LogP contribution in [0.15, 0.2) is 48.8 Å². The molecule has 0 spiro atoms. The summed E-state index contributed by atoms with van der Waals surface area (Å²) in [6.07, 6.45) is 4.98. The molecule has 2 aliphatic heterocycles. The Kier molecular flexibility index (Phi) is 4.66. The Morgan fingerprint density at radius 1 is 1.07 bits per heavy atom. The van der Waals surface area contributed by atoms with E-state index in [1.165, 1.54) is 27.7 Å². The van der Waals surface area contributed by atoms with Gasteiger partial charge in [0, 0.05) is 74.2 Å². The van der Waals surface area contributed by atoms with E-state index in [2.05, 4.69) is 56.2 Å². The number of nitrogens with one attached hydrogen (secondary N) is 1. The summed E-state index contributed by atoms with van der Waals surface area (Å²) in [5.74, 6) is 0. The molecule has 0 saturated carbocycles. The molecule has 2 aromatic heterocycles. The number of aromatic nitrogens is 2. The molecule has 0 bridgehead atoms. The highest BCUT2D eigenvalue weighted by molar-refractivity contribution is 5.84. The number of fused-ring (bicyclic) bond motifs is 3. The molecular weight excluding hydrogens is 336 g/mol. The number of benzene rings is 1. The van der Waals surface area contributed by atoms with Crippen LogP contribution < -0.4 is 0 Å². The quantitative estimate of drug-likeness (QED) is 0.775. The predicted octanol–water partition coefficient (Wildman–Crippen LogP) is 2.99. The third-order valence-electron chi connectivity index (χ3n) is 5.95. The molecule has 0 amide bonds. The number of morpholine rings is 1. The summed E-state index contributed by atoms with van der Waals surface area (Å²) in [4.78, 5) is 13.2. The number of pyridine rings is 1. The summed E-state index contributed by atoms with van der Waals surface area (Å²) in [6, 6.07) is 13.3. The van der Waals surface area contributed by atoms with Gasteiger partial charge in [-0.05, 0) is 23.3 Å². The average Bonchev–Trinajstić information content (AvgIpc) is 3.11. The van der Waals surface area contributed by atoms with Crippen molar-refractivity contribution in [1.82, 2.24) is 19.8 Å². The van der Waals surface area contributed by atoms with E-state index in [0.717, 1.165) is 52.4 Å². The van der Waals surface area contributed by atoms with E-state index in [9.17, 15) is 0 Å². The summed E-state index contributed by atoms with van der Waals surface area (Å²) < 4.78 is 5.58. The molecule has 1 saturated heterocycles. The third kappa shape index (κ3) is 3.38. The Labute approximate surface area is 160 Å². The molecule has 5 rings (SSSR count). The number of H-pyrrole nitrogens is 1. The summed E-state index contributed by atoms with van der Waals surface area (Å²) in [6.45, 7) is 6.77. The van der Waals surface area contributed by atoms with Gasteiger partial charge in [-0.25, -0.2) is 0 Å². The number of ether oxygens (including phenoxy) is 1. The third-order valence-corrected chi connectivity index (χ3v) is 5.95. The van der Waals surface area contributed by atoms with E-state index in [4.69, 9.17) is 4.74 Å². The number of aromatic amines is 1. The first-order valence-corrected chi connectivity index (χ1v) is 9.91. The zero-order valence-corrected chi connectivity index (χ0v) is 15.6. The van der Waals surface area contributed by atoms with Crippen molar-refractivity contribution in [1.29, 1.82) is 0 Å². The Morgan fingerprint density at radius 2 is 1.96 bits per heavy atom. The van der Waals surface area contributed by atoms with Crippen molar-refractivity contribution in [3.63, 3.8) is 0 Å². The molecule has 1 aromatic carbocycles. The van der Waals surface area contributed by atoms with E-state index in [1.807, 2.05) is 12.4 Å². The Bertz CT molecular complexity index is 901. The minimum Gasteiger partial charge on any atom is -0.379 e. The fourth-order valence-electron chi connectivity index (χ4n) is 4.52. The van der Waals surface area contributed by atoms with Gasteiger partial charge in [0.15, 0.2) is 0 Å². The van der Waals surface area contributed by atoms with Gasteiger partial charge in [-0.1, -0.05) is 24.3 Å². The number of para-hydroxylation sites is 1. The van der Waals surface area contributed by atoms with Gasteiger partial charge < -0.3 is 9.72 Å². The minimum absolute atomic E-state index is 0.370. The van der Waals surface area contributed by atoms with Crippen molar-refractivity contribution in [2.24, 2.45) is 0 Å². The molecular formula is C22H26N4O. The first kappa shape index (κ1) is 16.9. The molecule has 27 heavy (non-hydrogen) atoms. The number of hydrogen-bond donors (Lipinski definition) is 1. The van der Waals surface area contributed by atoms with Crippen LogP contribution in [0.1, 0.15) is 22.9 Å². The Balaban J connectivity index is 1.40. The van der Waals surface area contributed by atoms with Crippen LogP contribution in [0.3, 0.4) is 0 Å².